The van der Waals surface area contributed by atoms with Crippen molar-refractivity contribution < 1.29 is 9.53 Å². The maximum Gasteiger partial charge on any atom is 0.331 e. The van der Waals surface area contributed by atoms with Crippen LogP contribution in [0.5, 0.6) is 0 Å². The lowest BCUT2D eigenvalue weighted by molar-refractivity contribution is -0.148. The molecule has 0 amide bonds. The summed E-state index contributed by atoms with van der Waals surface area (Å²) in [5.41, 5.74) is 4.74. The Morgan fingerprint density at radius 3 is 2.24 bits per heavy atom. The van der Waals surface area contributed by atoms with Crippen molar-refractivity contribution in [1.29, 1.82) is 0 Å². The number of aromatic nitrogens is 5. The molecule has 5 aromatic rings. The predicted molar refractivity (Wildman–Crippen MR) is 179 cm³/mol. The van der Waals surface area contributed by atoms with Gasteiger partial charge in [0.25, 0.3) is 5.56 Å². The molecule has 3 aromatic heterocycles. The number of hydrogen-bond donors (Lipinski definition) is 1. The summed E-state index contributed by atoms with van der Waals surface area (Å²) < 4.78 is 9.18. The quantitative estimate of drug-likeness (QED) is 0.149. The minimum absolute atomic E-state index is 0.136. The van der Waals surface area contributed by atoms with Crippen LogP contribution < -0.4 is 10.9 Å². The molecule has 45 heavy (non-hydrogen) atoms. The molecule has 0 aliphatic heterocycles. The second kappa shape index (κ2) is 12.5. The van der Waals surface area contributed by atoms with Crippen molar-refractivity contribution in [2.45, 2.75) is 73.5 Å². The Morgan fingerprint density at radius 2 is 1.60 bits per heavy atom. The fourth-order valence-corrected chi connectivity index (χ4v) is 5.43. The second-order valence-corrected chi connectivity index (χ2v) is 12.2. The van der Waals surface area contributed by atoms with Crippen molar-refractivity contribution in [3.05, 3.63) is 111 Å². The number of carbonyl (C=O) groups is 1. The predicted octanol–water partition coefficient (Wildman–Crippen LogP) is 7.12. The molecule has 0 spiro atoms. The molecule has 3 heterocycles. The molecule has 2 aromatic carbocycles. The van der Waals surface area contributed by atoms with Gasteiger partial charge >= 0.3 is 5.97 Å². The van der Waals surface area contributed by atoms with Gasteiger partial charge in [-0.1, -0.05) is 37.3 Å². The summed E-state index contributed by atoms with van der Waals surface area (Å²) in [4.78, 5) is 41.7. The van der Waals surface area contributed by atoms with Crippen LogP contribution in [0.2, 0.25) is 0 Å². The number of para-hydroxylation sites is 1. The van der Waals surface area contributed by atoms with Crippen LogP contribution in [0.4, 0.5) is 5.82 Å². The van der Waals surface area contributed by atoms with Crippen molar-refractivity contribution >= 4 is 28.8 Å². The second-order valence-electron chi connectivity index (χ2n) is 12.2. The fraction of sp³-hybridized carbons (Fsp3) is 0.306. The summed E-state index contributed by atoms with van der Waals surface area (Å²) in [6.45, 7) is 15.3. The number of nitrogens with zero attached hydrogens (tertiary/aromatic N) is 5. The third-order valence-corrected chi connectivity index (χ3v) is 7.57. The van der Waals surface area contributed by atoms with E-state index < -0.39 is 17.6 Å². The summed E-state index contributed by atoms with van der Waals surface area (Å²) in [6.07, 6.45) is 3.66. The molecule has 9 heteroatoms. The molecule has 0 bridgehead atoms. The largest absolute Gasteiger partial charge is 0.457 e. The molecule has 0 aliphatic carbocycles. The highest BCUT2D eigenvalue weighted by atomic mass is 16.6. The number of rotatable bonds is 8. The zero-order valence-electron chi connectivity index (χ0n) is 27.2. The molecular formula is C36H40N6O3. The van der Waals surface area contributed by atoms with E-state index in [-0.39, 0.29) is 5.56 Å². The number of hydrogen-bond acceptors (Lipinski definition) is 7. The average Bonchev–Trinajstić information content (AvgIpc) is 3.32. The first-order valence-electron chi connectivity index (χ1n) is 15.2. The molecule has 1 N–H and O–H groups in total. The van der Waals surface area contributed by atoms with E-state index in [1.807, 2.05) is 121 Å². The minimum Gasteiger partial charge on any atom is -0.457 e. The van der Waals surface area contributed by atoms with E-state index in [2.05, 4.69) is 5.32 Å². The molecule has 0 radical (unpaired) electrons. The van der Waals surface area contributed by atoms with E-state index in [9.17, 15) is 9.59 Å². The fourth-order valence-electron chi connectivity index (χ4n) is 5.43. The molecule has 1 atom stereocenters. The molecule has 9 nitrogen and oxygen atoms in total. The van der Waals surface area contributed by atoms with E-state index >= 15 is 0 Å². The number of carbonyl (C=O) groups excluding carboxylic acids is 1. The topological polar surface area (TPSA) is 104 Å². The Bertz CT molecular complexity index is 1950. The van der Waals surface area contributed by atoms with Gasteiger partial charge in [0.2, 0.25) is 5.95 Å². The third kappa shape index (κ3) is 6.57. The average molecular weight is 605 g/mol. The Kier molecular flexibility index (Phi) is 8.73. The summed E-state index contributed by atoms with van der Waals surface area (Å²) >= 11 is 0. The number of aryl methyl sites for hydroxylation is 4. The summed E-state index contributed by atoms with van der Waals surface area (Å²) in [5.74, 6) is 1.10. The SMILES string of the molecule is CCC(Nc1nc(-n2c(C)ccc2C)nc(C)c1/C=C/C(=O)OC(C)(C)C)c1nc2cccc(C)c2c(=O)n1-c1ccccc1. The van der Waals surface area contributed by atoms with Crippen LogP contribution in [0.3, 0.4) is 0 Å². The van der Waals surface area contributed by atoms with Gasteiger partial charge in [-0.05, 0) is 96.9 Å². The summed E-state index contributed by atoms with van der Waals surface area (Å²) in [7, 11) is 0. The molecule has 0 aliphatic rings. The van der Waals surface area contributed by atoms with E-state index in [4.69, 9.17) is 19.7 Å². The van der Waals surface area contributed by atoms with Crippen LogP contribution in [-0.4, -0.2) is 35.7 Å². The number of benzene rings is 2. The number of anilines is 1. The standard InChI is InChI=1S/C36H40N6O3/c1-9-28(33-39-29-17-13-14-22(2)31(29)34(44)42(33)26-15-11-10-12-16-26)38-32-27(20-21-30(43)45-36(6,7)8)25(5)37-35(40-32)41-23(3)18-19-24(41)4/h10-21,28H,9H2,1-8H3,(H,37,38,40)/b21-20+. The van der Waals surface area contributed by atoms with Crippen molar-refractivity contribution in [3.8, 4) is 11.6 Å². The molecule has 232 valence electrons. The Morgan fingerprint density at radius 1 is 0.911 bits per heavy atom. The van der Waals surface area contributed by atoms with Gasteiger partial charge in [-0.3, -0.25) is 13.9 Å². The van der Waals surface area contributed by atoms with Crippen LogP contribution in [0, 0.1) is 27.7 Å². The molecule has 1 unspecified atom stereocenters. The molecule has 5 rings (SSSR count). The van der Waals surface area contributed by atoms with Gasteiger partial charge in [-0.25, -0.2) is 14.8 Å². The first kappa shape index (κ1) is 31.4. The van der Waals surface area contributed by atoms with E-state index in [1.165, 1.54) is 6.08 Å². The number of nitrogens with one attached hydrogen (secondary N) is 1. The van der Waals surface area contributed by atoms with Crippen LogP contribution in [0.25, 0.3) is 28.6 Å². The van der Waals surface area contributed by atoms with Gasteiger partial charge in [0.15, 0.2) is 0 Å². The maximum absolute atomic E-state index is 14.1. The third-order valence-electron chi connectivity index (χ3n) is 7.57. The highest BCUT2D eigenvalue weighted by Gasteiger charge is 2.24. The molecule has 0 saturated heterocycles. The maximum atomic E-state index is 14.1. The highest BCUT2D eigenvalue weighted by molar-refractivity contribution is 5.88. The van der Waals surface area contributed by atoms with Crippen LogP contribution in [0.1, 0.15) is 74.2 Å². The minimum atomic E-state index is -0.629. The first-order valence-corrected chi connectivity index (χ1v) is 15.2. The Labute approximate surface area is 263 Å². The monoisotopic (exact) mass is 604 g/mol. The van der Waals surface area contributed by atoms with Crippen molar-refractivity contribution in [2.75, 3.05) is 5.32 Å². The van der Waals surface area contributed by atoms with Crippen LogP contribution in [0.15, 0.2) is 71.5 Å². The van der Waals surface area contributed by atoms with Crippen molar-refractivity contribution in [1.82, 2.24) is 24.1 Å². The number of fused-ring (bicyclic) bond motifs is 1. The van der Waals surface area contributed by atoms with Gasteiger partial charge in [0.05, 0.1) is 28.3 Å². The lowest BCUT2D eigenvalue weighted by atomic mass is 10.1. The normalized spacial score (nSPS) is 12.5. The van der Waals surface area contributed by atoms with E-state index in [1.54, 1.807) is 10.6 Å². The van der Waals surface area contributed by atoms with Gasteiger partial charge < -0.3 is 10.1 Å². The van der Waals surface area contributed by atoms with Gasteiger partial charge in [0.1, 0.15) is 17.2 Å². The zero-order valence-corrected chi connectivity index (χ0v) is 27.2. The van der Waals surface area contributed by atoms with Crippen molar-refractivity contribution in [2.24, 2.45) is 0 Å². The van der Waals surface area contributed by atoms with Gasteiger partial charge in [0, 0.05) is 23.0 Å². The van der Waals surface area contributed by atoms with Gasteiger partial charge in [-0.2, -0.15) is 4.98 Å². The lowest BCUT2D eigenvalue weighted by Gasteiger charge is -2.24. The number of esters is 1. The smallest absolute Gasteiger partial charge is 0.331 e. The zero-order chi connectivity index (χ0) is 32.5. The van der Waals surface area contributed by atoms with Gasteiger partial charge in [-0.15, -0.1) is 0 Å². The number of ether oxygens (including phenoxy) is 1. The Balaban J connectivity index is 1.70. The first-order chi connectivity index (χ1) is 21.4. The molecule has 0 saturated carbocycles. The molecule has 0 fully saturated rings. The van der Waals surface area contributed by atoms with Crippen LogP contribution in [-0.2, 0) is 9.53 Å². The summed E-state index contributed by atoms with van der Waals surface area (Å²) in [6, 6.07) is 18.9. The van der Waals surface area contributed by atoms with E-state index in [0.29, 0.717) is 46.2 Å². The molecular weight excluding hydrogens is 564 g/mol. The summed E-state index contributed by atoms with van der Waals surface area (Å²) in [5, 5.41) is 4.18. The van der Waals surface area contributed by atoms with E-state index in [0.717, 1.165) is 22.6 Å². The van der Waals surface area contributed by atoms with Crippen molar-refractivity contribution in [3.63, 3.8) is 0 Å². The van der Waals surface area contributed by atoms with Crippen LogP contribution >= 0.6 is 0 Å². The Hall–Kier alpha value is -5.05. The lowest BCUT2D eigenvalue weighted by Crippen LogP contribution is -2.29. The highest BCUT2D eigenvalue weighted by Crippen LogP contribution is 2.29.